The minimum Gasteiger partial charge on any atom is -0.543 e. The number of hydrogen-bond donors (Lipinski definition) is 1. The van der Waals surface area contributed by atoms with Crippen LogP contribution in [0.2, 0.25) is 145 Å². The van der Waals surface area contributed by atoms with E-state index in [1.165, 1.54) is 22.3 Å². The van der Waals surface area contributed by atoms with E-state index in [0.29, 0.717) is 12.8 Å². The fraction of sp³-hybridized carbons (Fsp3) is 0.745. The Morgan fingerprint density at radius 1 is 0.216 bits per heavy atom. The first-order valence-electron chi connectivity index (χ1n) is 43.8. The highest BCUT2D eigenvalue weighted by Gasteiger charge is 2.50. The Morgan fingerprint density at radius 2 is 0.342 bits per heavy atom. The number of aliphatic hydroxyl groups excluding tert-OH is 1. The van der Waals surface area contributed by atoms with Crippen molar-refractivity contribution in [3.8, 4) is 46.0 Å². The van der Waals surface area contributed by atoms with Crippen molar-refractivity contribution in [2.24, 2.45) is 0 Å². The molecule has 17 heteroatoms. The van der Waals surface area contributed by atoms with Gasteiger partial charge in [0.1, 0.15) is 46.0 Å². The van der Waals surface area contributed by atoms with Gasteiger partial charge in [-0.25, -0.2) is 0 Å². The standard InChI is InChI=1S/C94H172O9Si8/c1-44-47-50-54-67-71-59-73(81(98-106(32,33)89(10,11)12)63-79(71)96-104(28,29)87(4,5)6)68(55-51-48-45-2)75-61-77(85(102-110(40,41)93(22,23)24)65-83(75)100-108(36,37)91(16,17)18)70(57-53-58-95)78-62-76(84(101-109(38,39)92(19,20)21)66-86(78)103-111(42,43)94(25,26)27)69(56-52-49-46-3)74-60-72(67)80(97-105(30,31)88(7,8)9)64-82(74)99-107(34,35)90(13,14)15/h59-70,95H,44-58H2,1-43H3. The highest BCUT2D eigenvalue weighted by Crippen LogP contribution is 2.59. The van der Waals surface area contributed by atoms with Crippen molar-refractivity contribution in [1.29, 1.82) is 0 Å². The molecular weight excluding hydrogens is 1500 g/mol. The van der Waals surface area contributed by atoms with Crippen LogP contribution >= 0.6 is 0 Å². The molecule has 4 aromatic carbocycles. The van der Waals surface area contributed by atoms with Crippen molar-refractivity contribution in [2.45, 2.75) is 446 Å². The molecule has 111 heavy (non-hydrogen) atoms. The minimum absolute atomic E-state index is 0.0192. The van der Waals surface area contributed by atoms with Gasteiger partial charge in [-0.3, -0.25) is 0 Å². The third-order valence-corrected chi connectivity index (χ3v) is 63.6. The van der Waals surface area contributed by atoms with E-state index in [9.17, 15) is 5.11 Å². The number of unbranched alkanes of at least 4 members (excludes halogenated alkanes) is 6. The topological polar surface area (TPSA) is 94.1 Å². The van der Waals surface area contributed by atoms with Gasteiger partial charge in [0, 0.05) is 99.1 Å². The summed E-state index contributed by atoms with van der Waals surface area (Å²) in [5.41, 5.74) is 9.24. The number of benzene rings is 4. The maximum atomic E-state index is 11.7. The van der Waals surface area contributed by atoms with E-state index in [2.05, 4.69) is 340 Å². The Bertz CT molecular complexity index is 3410. The van der Waals surface area contributed by atoms with Crippen LogP contribution in [0.25, 0.3) is 0 Å². The summed E-state index contributed by atoms with van der Waals surface area (Å²) in [4.78, 5) is 0. The summed E-state index contributed by atoms with van der Waals surface area (Å²) >= 11 is 0. The summed E-state index contributed by atoms with van der Waals surface area (Å²) in [6.45, 7) is 103. The van der Waals surface area contributed by atoms with Gasteiger partial charge in [-0.05, 0) is 201 Å². The molecule has 0 spiro atoms. The third-order valence-electron chi connectivity index (χ3n) is 28.9. The smallest absolute Gasteiger partial charge is 0.250 e. The van der Waals surface area contributed by atoms with Crippen LogP contribution in [0.3, 0.4) is 0 Å². The van der Waals surface area contributed by atoms with E-state index in [0.717, 1.165) is 145 Å². The van der Waals surface area contributed by atoms with E-state index in [1.54, 1.807) is 0 Å². The normalized spacial score (nSPS) is 17.4. The van der Waals surface area contributed by atoms with Gasteiger partial charge in [0.05, 0.1) is 0 Å². The lowest BCUT2D eigenvalue weighted by Gasteiger charge is -2.42. The van der Waals surface area contributed by atoms with Crippen LogP contribution < -0.4 is 35.4 Å². The molecule has 0 saturated heterocycles. The van der Waals surface area contributed by atoms with Gasteiger partial charge in [0.15, 0.2) is 0 Å². The molecule has 4 aromatic rings. The molecule has 0 heterocycles. The van der Waals surface area contributed by atoms with Gasteiger partial charge in [0.2, 0.25) is 66.5 Å². The SMILES string of the molecule is CCCCCC1c2cc(c(O[Si](C)(C)C(C)(C)C)cc2O[Si](C)(C)C(C)(C)C)C(CCCO)c2cc(c(O[Si](C)(C)C(C)(C)C)cc2O[Si](C)(C)C(C)(C)C)C(CCCCC)c2cc(c(O[Si](C)(C)C(C)(C)C)cc2O[Si](C)(C)C(C)(C)C)C(CCCCC)c2cc1c(O[Si](C)(C)C(C)(C)C)cc2O[Si](C)(C)C(C)(C)C. The van der Waals surface area contributed by atoms with Crippen LogP contribution in [-0.2, 0) is 0 Å². The van der Waals surface area contributed by atoms with Crippen molar-refractivity contribution in [1.82, 2.24) is 0 Å². The Labute approximate surface area is 693 Å². The molecular formula is C94H172O9Si8. The number of rotatable bonds is 31. The van der Waals surface area contributed by atoms with Gasteiger partial charge in [-0.1, -0.05) is 245 Å². The van der Waals surface area contributed by atoms with E-state index >= 15 is 0 Å². The Hall–Kier alpha value is -3.02. The van der Waals surface area contributed by atoms with E-state index in [1.807, 2.05) is 0 Å². The lowest BCUT2D eigenvalue weighted by atomic mass is 9.76. The second-order valence-electron chi connectivity index (χ2n) is 46.2. The molecule has 0 aliphatic heterocycles. The summed E-state index contributed by atoms with van der Waals surface area (Å²) < 4.78 is 65.6. The van der Waals surface area contributed by atoms with Gasteiger partial charge in [-0.2, -0.15) is 0 Å². The van der Waals surface area contributed by atoms with E-state index in [4.69, 9.17) is 35.4 Å². The molecule has 0 aromatic heterocycles. The summed E-state index contributed by atoms with van der Waals surface area (Å²) in [5, 5.41) is 10.5. The maximum Gasteiger partial charge on any atom is 0.250 e. The van der Waals surface area contributed by atoms with Gasteiger partial charge in [-0.15, -0.1) is 0 Å². The highest BCUT2D eigenvalue weighted by molar-refractivity contribution is 6.78. The first-order valence-corrected chi connectivity index (χ1v) is 67.0. The number of fused-ring (bicyclic) bond motifs is 8. The fourth-order valence-electron chi connectivity index (χ4n) is 12.7. The molecule has 2 unspecified atom stereocenters. The first-order chi connectivity index (χ1) is 49.9. The quantitative estimate of drug-likeness (QED) is 0.0391. The summed E-state index contributed by atoms with van der Waals surface area (Å²) in [6.07, 6.45) is 13.1. The third kappa shape index (κ3) is 23.5. The molecule has 1 aliphatic carbocycles. The van der Waals surface area contributed by atoms with Crippen molar-refractivity contribution in [3.63, 3.8) is 0 Å². The van der Waals surface area contributed by atoms with Crippen molar-refractivity contribution < 1.29 is 40.5 Å². The van der Waals surface area contributed by atoms with E-state index < -0.39 is 66.5 Å². The molecule has 2 atom stereocenters. The summed E-state index contributed by atoms with van der Waals surface area (Å²) in [7, 11) is -21.4. The average molecular weight is 1670 g/mol. The lowest BCUT2D eigenvalue weighted by molar-refractivity contribution is 0.281. The van der Waals surface area contributed by atoms with Crippen molar-refractivity contribution in [2.75, 3.05) is 6.61 Å². The summed E-state index contributed by atoms with van der Waals surface area (Å²) in [5.74, 6) is 6.13. The molecule has 0 saturated carbocycles. The summed E-state index contributed by atoms with van der Waals surface area (Å²) in [6, 6.07) is 20.1. The van der Waals surface area contributed by atoms with Gasteiger partial charge in [0.25, 0.3) is 0 Å². The van der Waals surface area contributed by atoms with Crippen LogP contribution in [0, 0.1) is 0 Å². The van der Waals surface area contributed by atoms with Gasteiger partial charge >= 0.3 is 0 Å². The zero-order valence-electron chi connectivity index (χ0n) is 80.2. The van der Waals surface area contributed by atoms with Crippen LogP contribution in [0.4, 0.5) is 0 Å². The Balaban J connectivity index is 2.59. The van der Waals surface area contributed by atoms with Crippen LogP contribution in [-0.4, -0.2) is 78.3 Å². The maximum absolute atomic E-state index is 11.7. The molecule has 1 N–H and O–H groups in total. The first kappa shape index (κ1) is 98.5. The molecule has 8 bridgehead atoms. The zero-order chi connectivity index (χ0) is 85.5. The van der Waals surface area contributed by atoms with Crippen LogP contribution in [0.1, 0.15) is 345 Å². The fourth-order valence-corrected chi connectivity index (χ4v) is 21.0. The number of hydrogen-bond acceptors (Lipinski definition) is 9. The zero-order valence-corrected chi connectivity index (χ0v) is 88.2. The lowest BCUT2D eigenvalue weighted by Crippen LogP contribution is -2.45. The predicted octanol–water partition coefficient (Wildman–Crippen LogP) is 32.1. The Kier molecular flexibility index (Phi) is 31.5. The largest absolute Gasteiger partial charge is 0.543 e. The monoisotopic (exact) mass is 1670 g/mol. The highest BCUT2D eigenvalue weighted by atomic mass is 28.4. The minimum atomic E-state index is -2.69. The molecule has 5 rings (SSSR count). The van der Waals surface area contributed by atoms with Crippen molar-refractivity contribution >= 4 is 66.5 Å². The van der Waals surface area contributed by atoms with Crippen LogP contribution in [0.5, 0.6) is 46.0 Å². The van der Waals surface area contributed by atoms with Crippen molar-refractivity contribution in [3.05, 3.63) is 93.0 Å². The molecule has 0 fully saturated rings. The van der Waals surface area contributed by atoms with Gasteiger partial charge < -0.3 is 40.5 Å². The predicted molar refractivity (Wildman–Crippen MR) is 504 cm³/mol. The van der Waals surface area contributed by atoms with E-state index in [-0.39, 0.29) is 70.6 Å². The molecule has 0 amide bonds. The molecule has 1 aliphatic rings. The number of aliphatic hydroxyl groups is 1. The average Bonchev–Trinajstić information content (AvgIpc) is 0.734. The second kappa shape index (κ2) is 35.5. The molecule has 634 valence electrons. The molecule has 0 radical (unpaired) electrons. The van der Waals surface area contributed by atoms with Crippen LogP contribution in [0.15, 0.2) is 48.5 Å². The second-order valence-corrected chi connectivity index (χ2v) is 84.0. The molecule has 9 nitrogen and oxygen atoms in total. The Morgan fingerprint density at radius 3 is 0.450 bits per heavy atom.